The van der Waals surface area contributed by atoms with Crippen LogP contribution in [0.2, 0.25) is 0 Å². The lowest BCUT2D eigenvalue weighted by molar-refractivity contribution is 0.112. The molecule has 0 radical (unpaired) electrons. The van der Waals surface area contributed by atoms with E-state index in [2.05, 4.69) is 4.98 Å². The molecule has 0 aliphatic rings. The summed E-state index contributed by atoms with van der Waals surface area (Å²) in [5.41, 5.74) is 3.61. The molecule has 3 heteroatoms. The van der Waals surface area contributed by atoms with Gasteiger partial charge in [-0.3, -0.25) is 4.79 Å². The maximum absolute atomic E-state index is 11.0. The highest BCUT2D eigenvalue weighted by Gasteiger charge is 2.12. The summed E-state index contributed by atoms with van der Waals surface area (Å²) in [6.07, 6.45) is 0.808. The zero-order chi connectivity index (χ0) is 11.7. The molecule has 0 aliphatic carbocycles. The molecule has 0 N–H and O–H groups in total. The number of hydrogen-bond donors (Lipinski definition) is 0. The first-order valence-electron chi connectivity index (χ1n) is 5.19. The molecule has 0 saturated heterocycles. The number of nitrogens with zero attached hydrogens (tertiary/aromatic N) is 2. The van der Waals surface area contributed by atoms with E-state index in [4.69, 9.17) is 0 Å². The predicted molar refractivity (Wildman–Crippen MR) is 63.5 cm³/mol. The normalized spacial score (nSPS) is 10.4. The topological polar surface area (TPSA) is 34.9 Å². The van der Waals surface area contributed by atoms with E-state index in [1.807, 2.05) is 49.7 Å². The number of rotatable bonds is 2. The molecule has 0 atom stereocenters. The molecule has 0 unspecified atom stereocenters. The van der Waals surface area contributed by atoms with Crippen LogP contribution in [0.1, 0.15) is 21.9 Å². The fraction of sp³-hybridized carbons (Fsp3) is 0.231. The number of aromatic nitrogens is 2. The molecule has 0 fully saturated rings. The van der Waals surface area contributed by atoms with Gasteiger partial charge in [-0.15, -0.1) is 0 Å². The Bertz CT molecular complexity index is 524. The lowest BCUT2D eigenvalue weighted by Gasteiger charge is -2.05. The quantitative estimate of drug-likeness (QED) is 0.720. The van der Waals surface area contributed by atoms with E-state index in [9.17, 15) is 4.79 Å². The summed E-state index contributed by atoms with van der Waals surface area (Å²) in [5.74, 6) is 0.845. The van der Waals surface area contributed by atoms with Crippen LogP contribution in [0.15, 0.2) is 24.3 Å². The van der Waals surface area contributed by atoms with Gasteiger partial charge in [0.25, 0.3) is 0 Å². The predicted octanol–water partition coefficient (Wildman–Crippen LogP) is 2.52. The summed E-state index contributed by atoms with van der Waals surface area (Å²) < 4.78 is 1.94. The van der Waals surface area contributed by atoms with Crippen LogP contribution in [-0.2, 0) is 7.05 Å². The molecule has 0 spiro atoms. The zero-order valence-electron chi connectivity index (χ0n) is 9.69. The molecule has 0 saturated carbocycles. The van der Waals surface area contributed by atoms with Crippen molar-refractivity contribution in [3.8, 4) is 11.3 Å². The second kappa shape index (κ2) is 3.93. The van der Waals surface area contributed by atoms with Gasteiger partial charge in [0.05, 0.1) is 5.69 Å². The third-order valence-electron chi connectivity index (χ3n) is 2.78. The Morgan fingerprint density at radius 1 is 1.19 bits per heavy atom. The molecular formula is C13H14N2O. The van der Waals surface area contributed by atoms with Crippen molar-refractivity contribution < 1.29 is 4.79 Å². The van der Waals surface area contributed by atoms with Gasteiger partial charge < -0.3 is 4.57 Å². The van der Waals surface area contributed by atoms with Gasteiger partial charge in [0, 0.05) is 12.6 Å². The Hall–Kier alpha value is -1.90. The summed E-state index contributed by atoms with van der Waals surface area (Å²) in [6, 6.07) is 8.09. The van der Waals surface area contributed by atoms with Crippen molar-refractivity contribution in [1.29, 1.82) is 0 Å². The monoisotopic (exact) mass is 214 g/mol. The molecule has 16 heavy (non-hydrogen) atoms. The second-order valence-corrected chi connectivity index (χ2v) is 3.94. The van der Waals surface area contributed by atoms with Crippen molar-refractivity contribution >= 4 is 6.29 Å². The van der Waals surface area contributed by atoms with Crippen LogP contribution in [0.25, 0.3) is 11.3 Å². The molecule has 1 aromatic carbocycles. The van der Waals surface area contributed by atoms with E-state index in [1.54, 1.807) is 0 Å². The minimum atomic E-state index is 0.504. The minimum absolute atomic E-state index is 0.504. The van der Waals surface area contributed by atoms with Crippen molar-refractivity contribution in [2.75, 3.05) is 0 Å². The maximum atomic E-state index is 11.0. The first kappa shape index (κ1) is 10.6. The summed E-state index contributed by atoms with van der Waals surface area (Å²) in [4.78, 5) is 15.2. The van der Waals surface area contributed by atoms with Crippen LogP contribution in [0.5, 0.6) is 0 Å². The van der Waals surface area contributed by atoms with Gasteiger partial charge in [-0.1, -0.05) is 29.8 Å². The van der Waals surface area contributed by atoms with Crippen LogP contribution in [0.3, 0.4) is 0 Å². The molecule has 2 rings (SSSR count). The highest BCUT2D eigenvalue weighted by molar-refractivity contribution is 5.84. The van der Waals surface area contributed by atoms with Gasteiger partial charge in [0.1, 0.15) is 11.5 Å². The molecule has 0 bridgehead atoms. The van der Waals surface area contributed by atoms with Crippen LogP contribution < -0.4 is 0 Å². The Morgan fingerprint density at radius 2 is 1.81 bits per heavy atom. The van der Waals surface area contributed by atoms with Gasteiger partial charge >= 0.3 is 0 Å². The third kappa shape index (κ3) is 1.65. The number of hydrogen-bond acceptors (Lipinski definition) is 2. The number of aryl methyl sites for hydroxylation is 2. The fourth-order valence-electron chi connectivity index (χ4n) is 1.77. The van der Waals surface area contributed by atoms with Crippen molar-refractivity contribution in [3.63, 3.8) is 0 Å². The van der Waals surface area contributed by atoms with E-state index in [0.29, 0.717) is 5.69 Å². The first-order chi connectivity index (χ1) is 7.63. The summed E-state index contributed by atoms with van der Waals surface area (Å²) >= 11 is 0. The smallest absolute Gasteiger partial charge is 0.170 e. The highest BCUT2D eigenvalue weighted by Crippen LogP contribution is 2.23. The molecular weight excluding hydrogens is 200 g/mol. The Morgan fingerprint density at radius 3 is 2.38 bits per heavy atom. The number of benzene rings is 1. The van der Waals surface area contributed by atoms with Crippen molar-refractivity contribution in [1.82, 2.24) is 9.55 Å². The maximum Gasteiger partial charge on any atom is 0.170 e. The van der Waals surface area contributed by atoms with Crippen LogP contribution in [0.4, 0.5) is 0 Å². The molecule has 0 aliphatic heterocycles. The van der Waals surface area contributed by atoms with Crippen LogP contribution >= 0.6 is 0 Å². The van der Waals surface area contributed by atoms with Gasteiger partial charge in [-0.25, -0.2) is 4.98 Å². The van der Waals surface area contributed by atoms with E-state index >= 15 is 0 Å². The van der Waals surface area contributed by atoms with E-state index in [0.717, 1.165) is 23.4 Å². The summed E-state index contributed by atoms with van der Waals surface area (Å²) in [7, 11) is 1.92. The summed E-state index contributed by atoms with van der Waals surface area (Å²) in [6.45, 7) is 3.93. The molecule has 1 heterocycles. The lowest BCUT2D eigenvalue weighted by Crippen LogP contribution is -1.95. The number of carbonyl (C=O) groups is 1. The molecule has 2 aromatic rings. The number of imidazole rings is 1. The number of carbonyl (C=O) groups excluding carboxylic acids is 1. The standard InChI is InChI=1S/C13H14N2O/c1-9-4-6-11(7-5-9)13-12(8-16)14-10(2)15(13)3/h4-8H,1-3H3. The molecule has 82 valence electrons. The molecule has 1 aromatic heterocycles. The highest BCUT2D eigenvalue weighted by atomic mass is 16.1. The summed E-state index contributed by atoms with van der Waals surface area (Å²) in [5, 5.41) is 0. The third-order valence-corrected chi connectivity index (χ3v) is 2.78. The molecule has 3 nitrogen and oxygen atoms in total. The van der Waals surface area contributed by atoms with Crippen LogP contribution in [0, 0.1) is 13.8 Å². The van der Waals surface area contributed by atoms with Crippen molar-refractivity contribution in [3.05, 3.63) is 41.3 Å². The number of aldehydes is 1. The van der Waals surface area contributed by atoms with Crippen LogP contribution in [-0.4, -0.2) is 15.8 Å². The largest absolute Gasteiger partial charge is 0.331 e. The van der Waals surface area contributed by atoms with E-state index in [1.165, 1.54) is 5.56 Å². The Labute approximate surface area is 94.7 Å². The average Bonchev–Trinajstić information content (AvgIpc) is 2.57. The minimum Gasteiger partial charge on any atom is -0.331 e. The zero-order valence-corrected chi connectivity index (χ0v) is 9.69. The van der Waals surface area contributed by atoms with Gasteiger partial charge in [0.2, 0.25) is 0 Å². The van der Waals surface area contributed by atoms with Gasteiger partial charge in [-0.2, -0.15) is 0 Å². The second-order valence-electron chi connectivity index (χ2n) is 3.94. The first-order valence-corrected chi connectivity index (χ1v) is 5.19. The fourth-order valence-corrected chi connectivity index (χ4v) is 1.77. The van der Waals surface area contributed by atoms with E-state index < -0.39 is 0 Å². The van der Waals surface area contributed by atoms with E-state index in [-0.39, 0.29) is 0 Å². The van der Waals surface area contributed by atoms with Crippen molar-refractivity contribution in [2.24, 2.45) is 7.05 Å². The Kier molecular flexibility index (Phi) is 2.60. The van der Waals surface area contributed by atoms with Gasteiger partial charge in [-0.05, 0) is 13.8 Å². The lowest BCUT2D eigenvalue weighted by atomic mass is 10.1. The Balaban J connectivity index is 2.62. The molecule has 0 amide bonds. The average molecular weight is 214 g/mol. The van der Waals surface area contributed by atoms with Crippen molar-refractivity contribution in [2.45, 2.75) is 13.8 Å². The van der Waals surface area contributed by atoms with Gasteiger partial charge in [0.15, 0.2) is 6.29 Å². The SMILES string of the molecule is Cc1ccc(-c2c(C=O)nc(C)n2C)cc1.